The quantitative estimate of drug-likeness (QED) is 0.249. The minimum Gasteiger partial charge on any atom is -0.325 e. The van der Waals surface area contributed by atoms with E-state index in [0.717, 1.165) is 29.2 Å². The molecule has 1 heterocycles. The molecule has 0 aliphatic rings. The summed E-state index contributed by atoms with van der Waals surface area (Å²) < 4.78 is 2.23. The van der Waals surface area contributed by atoms with E-state index in [-0.39, 0.29) is 16.9 Å². The first-order valence-corrected chi connectivity index (χ1v) is 11.4. The van der Waals surface area contributed by atoms with Crippen molar-refractivity contribution in [2.75, 3.05) is 5.32 Å². The van der Waals surface area contributed by atoms with Gasteiger partial charge in [0.1, 0.15) is 0 Å². The Bertz CT molecular complexity index is 1030. The Labute approximate surface area is 182 Å². The monoisotopic (exact) mass is 423 g/mol. The van der Waals surface area contributed by atoms with Crippen molar-refractivity contribution in [1.82, 2.24) is 9.55 Å². The van der Waals surface area contributed by atoms with E-state index >= 15 is 0 Å². The highest BCUT2D eigenvalue weighted by Crippen LogP contribution is 2.28. The summed E-state index contributed by atoms with van der Waals surface area (Å²) in [6, 6.07) is 15.1. The molecule has 0 saturated heterocycles. The van der Waals surface area contributed by atoms with Crippen molar-refractivity contribution < 1.29 is 9.59 Å². The van der Waals surface area contributed by atoms with Gasteiger partial charge in [0.15, 0.2) is 10.9 Å². The third kappa shape index (κ3) is 5.51. The number of hydrogen-bond donors (Lipinski definition) is 1. The number of thioether (sulfide) groups is 1. The van der Waals surface area contributed by atoms with Crippen molar-refractivity contribution in [2.24, 2.45) is 0 Å². The zero-order chi connectivity index (χ0) is 21.5. The summed E-state index contributed by atoms with van der Waals surface area (Å²) in [5.41, 5.74) is 3.28. The molecule has 5 nitrogen and oxygen atoms in total. The number of fused-ring (bicyclic) bond motifs is 1. The summed E-state index contributed by atoms with van der Waals surface area (Å²) in [4.78, 5) is 29.1. The number of hydrogen-bond acceptors (Lipinski definition) is 4. The highest BCUT2D eigenvalue weighted by atomic mass is 32.2. The van der Waals surface area contributed by atoms with Crippen molar-refractivity contribution in [3.63, 3.8) is 0 Å². The number of benzene rings is 2. The fourth-order valence-electron chi connectivity index (χ4n) is 3.33. The number of imidazole rings is 1. The first kappa shape index (κ1) is 22.1. The predicted octanol–water partition coefficient (Wildman–Crippen LogP) is 5.94. The van der Waals surface area contributed by atoms with E-state index in [4.69, 9.17) is 4.98 Å². The van der Waals surface area contributed by atoms with Gasteiger partial charge in [-0.05, 0) is 44.5 Å². The van der Waals surface area contributed by atoms with E-state index in [1.165, 1.54) is 37.9 Å². The van der Waals surface area contributed by atoms with E-state index in [2.05, 4.69) is 22.9 Å². The average Bonchev–Trinajstić information content (AvgIpc) is 3.08. The molecule has 3 aromatic rings. The maximum atomic E-state index is 12.8. The van der Waals surface area contributed by atoms with Crippen LogP contribution in [0.2, 0.25) is 0 Å². The van der Waals surface area contributed by atoms with E-state index in [9.17, 15) is 9.59 Å². The van der Waals surface area contributed by atoms with Crippen molar-refractivity contribution in [3.05, 3.63) is 54.1 Å². The smallest absolute Gasteiger partial charge is 0.237 e. The van der Waals surface area contributed by atoms with E-state index in [1.807, 2.05) is 25.1 Å². The summed E-state index contributed by atoms with van der Waals surface area (Å²) in [5.74, 6) is -0.129. The van der Waals surface area contributed by atoms with Crippen LogP contribution < -0.4 is 5.32 Å². The Balaban J connectivity index is 1.73. The van der Waals surface area contributed by atoms with Gasteiger partial charge < -0.3 is 9.88 Å². The van der Waals surface area contributed by atoms with Gasteiger partial charge in [-0.2, -0.15) is 0 Å². The summed E-state index contributed by atoms with van der Waals surface area (Å²) in [5, 5.41) is 3.47. The molecule has 1 N–H and O–H groups in total. The molecule has 158 valence electrons. The van der Waals surface area contributed by atoms with E-state index in [0.29, 0.717) is 11.3 Å². The number of rotatable bonds is 10. The highest BCUT2D eigenvalue weighted by molar-refractivity contribution is 8.00. The van der Waals surface area contributed by atoms with Crippen LogP contribution >= 0.6 is 11.8 Å². The van der Waals surface area contributed by atoms with Gasteiger partial charge in [0.05, 0.1) is 16.3 Å². The number of para-hydroxylation sites is 2. The first-order chi connectivity index (χ1) is 14.5. The second kappa shape index (κ2) is 10.4. The fourth-order valence-corrected chi connectivity index (χ4v) is 4.28. The molecule has 0 aliphatic heterocycles. The molecule has 0 saturated carbocycles. The van der Waals surface area contributed by atoms with Crippen LogP contribution in [-0.4, -0.2) is 26.5 Å². The van der Waals surface area contributed by atoms with Gasteiger partial charge in [-0.15, -0.1) is 0 Å². The molecule has 1 amide bonds. The van der Waals surface area contributed by atoms with Crippen LogP contribution in [0.4, 0.5) is 5.69 Å². The standard InChI is InChI=1S/C24H29N3O2S/c1-4-5-6-9-15-27-22-14-8-7-13-21(22)26-24(27)30-18(3)23(29)25-20-12-10-11-19(16-20)17(2)28/h7-8,10-14,16,18H,4-6,9,15H2,1-3H3,(H,25,29). The molecule has 0 spiro atoms. The molecule has 1 unspecified atom stereocenters. The van der Waals surface area contributed by atoms with Crippen molar-refractivity contribution in [1.29, 1.82) is 0 Å². The van der Waals surface area contributed by atoms with Gasteiger partial charge >= 0.3 is 0 Å². The summed E-state index contributed by atoms with van der Waals surface area (Å²) in [6.07, 6.45) is 4.72. The third-order valence-corrected chi connectivity index (χ3v) is 6.13. The van der Waals surface area contributed by atoms with Crippen molar-refractivity contribution in [3.8, 4) is 0 Å². The van der Waals surface area contributed by atoms with E-state index < -0.39 is 0 Å². The number of aryl methyl sites for hydroxylation is 1. The number of carbonyl (C=O) groups is 2. The third-order valence-electron chi connectivity index (χ3n) is 5.04. The average molecular weight is 424 g/mol. The maximum absolute atomic E-state index is 12.8. The normalized spacial score (nSPS) is 12.1. The number of carbonyl (C=O) groups excluding carboxylic acids is 2. The van der Waals surface area contributed by atoms with Crippen LogP contribution in [0.25, 0.3) is 11.0 Å². The molecule has 3 rings (SSSR count). The van der Waals surface area contributed by atoms with Crippen LogP contribution in [-0.2, 0) is 11.3 Å². The Hall–Kier alpha value is -2.60. The Morgan fingerprint density at radius 1 is 1.10 bits per heavy atom. The molecular formula is C24H29N3O2S. The minimum absolute atomic E-state index is 0.0229. The molecule has 0 radical (unpaired) electrons. The highest BCUT2D eigenvalue weighted by Gasteiger charge is 2.19. The number of aromatic nitrogens is 2. The summed E-state index contributed by atoms with van der Waals surface area (Å²) in [6.45, 7) is 6.51. The number of Topliss-reactive ketones (excluding diaryl/α,β-unsaturated/α-hetero) is 1. The molecule has 0 fully saturated rings. The second-order valence-corrected chi connectivity index (χ2v) is 8.79. The van der Waals surface area contributed by atoms with Gasteiger partial charge in [0, 0.05) is 17.8 Å². The van der Waals surface area contributed by atoms with E-state index in [1.54, 1.807) is 24.3 Å². The second-order valence-electron chi connectivity index (χ2n) is 7.48. The lowest BCUT2D eigenvalue weighted by Crippen LogP contribution is -2.23. The SMILES string of the molecule is CCCCCCn1c(SC(C)C(=O)Nc2cccc(C(C)=O)c2)nc2ccccc21. The lowest BCUT2D eigenvalue weighted by atomic mass is 10.1. The molecule has 0 aliphatic carbocycles. The van der Waals surface area contributed by atoms with Crippen molar-refractivity contribution in [2.45, 2.75) is 63.4 Å². The number of anilines is 1. The van der Waals surface area contributed by atoms with Gasteiger partial charge in [-0.1, -0.05) is 62.2 Å². The molecular weight excluding hydrogens is 394 g/mol. The number of amides is 1. The van der Waals surface area contributed by atoms with Gasteiger partial charge in [-0.25, -0.2) is 4.98 Å². The molecule has 1 atom stereocenters. The number of ketones is 1. The topological polar surface area (TPSA) is 64.0 Å². The largest absolute Gasteiger partial charge is 0.325 e. The molecule has 6 heteroatoms. The van der Waals surface area contributed by atoms with Crippen LogP contribution in [0.5, 0.6) is 0 Å². The van der Waals surface area contributed by atoms with Crippen LogP contribution in [0.15, 0.2) is 53.7 Å². The van der Waals surface area contributed by atoms with Crippen LogP contribution in [0.3, 0.4) is 0 Å². The van der Waals surface area contributed by atoms with Gasteiger partial charge in [-0.3, -0.25) is 9.59 Å². The Kier molecular flexibility index (Phi) is 7.69. The minimum atomic E-state index is -0.322. The van der Waals surface area contributed by atoms with Gasteiger partial charge in [0.2, 0.25) is 5.91 Å². The Morgan fingerprint density at radius 3 is 2.67 bits per heavy atom. The molecule has 2 aromatic carbocycles. The van der Waals surface area contributed by atoms with Crippen LogP contribution in [0.1, 0.15) is 56.8 Å². The first-order valence-electron chi connectivity index (χ1n) is 10.5. The van der Waals surface area contributed by atoms with Gasteiger partial charge in [0.25, 0.3) is 0 Å². The summed E-state index contributed by atoms with van der Waals surface area (Å²) in [7, 11) is 0. The summed E-state index contributed by atoms with van der Waals surface area (Å²) >= 11 is 1.47. The fraction of sp³-hybridized carbons (Fsp3) is 0.375. The zero-order valence-electron chi connectivity index (χ0n) is 17.9. The lowest BCUT2D eigenvalue weighted by molar-refractivity contribution is -0.115. The zero-order valence-corrected chi connectivity index (χ0v) is 18.7. The molecule has 30 heavy (non-hydrogen) atoms. The van der Waals surface area contributed by atoms with Crippen molar-refractivity contribution >= 4 is 40.2 Å². The maximum Gasteiger partial charge on any atom is 0.237 e. The molecule has 0 bridgehead atoms. The molecule has 1 aromatic heterocycles. The Morgan fingerprint density at radius 2 is 1.90 bits per heavy atom. The number of nitrogens with one attached hydrogen (secondary N) is 1. The predicted molar refractivity (Wildman–Crippen MR) is 124 cm³/mol. The van der Waals surface area contributed by atoms with Crippen LogP contribution in [0, 0.1) is 0 Å². The lowest BCUT2D eigenvalue weighted by Gasteiger charge is -2.14. The number of unbranched alkanes of at least 4 members (excludes halogenated alkanes) is 3. The number of nitrogens with zero attached hydrogens (tertiary/aromatic N) is 2.